The molecule has 0 N–H and O–H groups in total. The zero-order valence-electron chi connectivity index (χ0n) is 19.4. The molecule has 5 rings (SSSR count). The minimum Gasteiger partial charge on any atom is -0.511 e. The normalized spacial score (nSPS) is 12.0. The summed E-state index contributed by atoms with van der Waals surface area (Å²) in [5, 5.41) is 4.82. The average Bonchev–Trinajstić information content (AvgIpc) is 3.24. The van der Waals surface area contributed by atoms with E-state index < -0.39 is 10.8 Å². The van der Waals surface area contributed by atoms with Crippen molar-refractivity contribution in [2.75, 3.05) is 0 Å². The van der Waals surface area contributed by atoms with Crippen LogP contribution in [-0.2, 0) is 5.54 Å². The molecule has 0 aliphatic heterocycles. The van der Waals surface area contributed by atoms with Gasteiger partial charge in [-0.15, -0.1) is 0 Å². The number of halogens is 1. The number of aromatic nitrogens is 3. The molecule has 8 heteroatoms. The van der Waals surface area contributed by atoms with Crippen LogP contribution in [0, 0.1) is 0 Å². The van der Waals surface area contributed by atoms with Gasteiger partial charge in [-0.2, -0.15) is 5.10 Å². The Morgan fingerprint density at radius 1 is 0.735 bits per heavy atom. The second kappa shape index (κ2) is 8.73. The number of ether oxygens (including phenoxy) is 1. The highest BCUT2D eigenvalue weighted by molar-refractivity contribution is 6.58. The number of nitrogens with zero attached hydrogens (tertiary/aromatic N) is 3. The summed E-state index contributed by atoms with van der Waals surface area (Å²) in [6.07, 6.45) is 1.77. The van der Waals surface area contributed by atoms with Crippen LogP contribution >= 0.6 is 11.6 Å². The summed E-state index contributed by atoms with van der Waals surface area (Å²) in [6, 6.07) is 33.3. The lowest BCUT2D eigenvalue weighted by Gasteiger charge is -2.37. The van der Waals surface area contributed by atoms with Crippen molar-refractivity contribution >= 4 is 46.2 Å². The zero-order chi connectivity index (χ0) is 23.8. The Kier molecular flexibility index (Phi) is 5.74. The first kappa shape index (κ1) is 22.4. The van der Waals surface area contributed by atoms with E-state index in [1.165, 1.54) is 0 Å². The zero-order valence-corrected chi connectivity index (χ0v) is 20.2. The predicted molar refractivity (Wildman–Crippen MR) is 146 cm³/mol. The van der Waals surface area contributed by atoms with Gasteiger partial charge in [0.25, 0.3) is 0 Å². The molecule has 0 spiro atoms. The first-order valence-corrected chi connectivity index (χ1v) is 11.7. The van der Waals surface area contributed by atoms with Crippen molar-refractivity contribution in [2.45, 2.75) is 10.8 Å². The minimum absolute atomic E-state index is 0.326. The van der Waals surface area contributed by atoms with Gasteiger partial charge in [-0.3, -0.25) is 0 Å². The summed E-state index contributed by atoms with van der Waals surface area (Å²) in [5.74, 6) is 0.534. The highest BCUT2D eigenvalue weighted by Gasteiger charge is 2.40. The predicted octanol–water partition coefficient (Wildman–Crippen LogP) is 2.81. The first-order valence-electron chi connectivity index (χ1n) is 11.3. The Morgan fingerprint density at radius 2 is 1.21 bits per heavy atom. The van der Waals surface area contributed by atoms with E-state index in [1.807, 2.05) is 52.5 Å². The molecule has 0 fully saturated rings. The van der Waals surface area contributed by atoms with Crippen molar-refractivity contribution in [1.29, 1.82) is 0 Å². The fraction of sp³-hybridized carbons (Fsp3) is 0.0769. The topological polar surface area (TPSA) is 39.9 Å². The van der Waals surface area contributed by atoms with Crippen molar-refractivity contribution in [3.05, 3.63) is 125 Å². The van der Waals surface area contributed by atoms with Crippen molar-refractivity contribution in [1.82, 2.24) is 14.8 Å². The van der Waals surface area contributed by atoms with Gasteiger partial charge in [-0.25, -0.2) is 9.67 Å². The molecule has 0 aliphatic rings. The molecule has 2 heterocycles. The number of fused-ring (bicyclic) bond motifs is 1. The fourth-order valence-corrected chi connectivity index (χ4v) is 4.67. The van der Waals surface area contributed by atoms with Gasteiger partial charge >= 0.3 is 0 Å². The molecule has 0 amide bonds. The van der Waals surface area contributed by atoms with E-state index in [0.717, 1.165) is 22.2 Å². The van der Waals surface area contributed by atoms with Crippen molar-refractivity contribution in [2.24, 2.45) is 0 Å². The SMILES string of the molecule is BC(B)(B)Oc1cc2c(cnn2C(c2ccccc2)(c2ccccc2)c2ccccc2)nc1Cl. The van der Waals surface area contributed by atoms with E-state index in [0.29, 0.717) is 16.4 Å². The summed E-state index contributed by atoms with van der Waals surface area (Å²) < 4.78 is 8.20. The van der Waals surface area contributed by atoms with E-state index in [2.05, 4.69) is 77.8 Å². The quantitative estimate of drug-likeness (QED) is 0.222. The Labute approximate surface area is 207 Å². The van der Waals surface area contributed by atoms with Gasteiger partial charge < -0.3 is 4.74 Å². The third-order valence-electron chi connectivity index (χ3n) is 5.78. The van der Waals surface area contributed by atoms with E-state index in [4.69, 9.17) is 21.4 Å². The first-order chi connectivity index (χ1) is 16.4. The molecule has 34 heavy (non-hydrogen) atoms. The summed E-state index contributed by atoms with van der Waals surface area (Å²) in [6.45, 7) is 0. The molecule has 2 aromatic heterocycles. The second-order valence-electron chi connectivity index (χ2n) is 9.26. The maximum atomic E-state index is 6.51. The van der Waals surface area contributed by atoms with Crippen LogP contribution in [0.3, 0.4) is 0 Å². The Morgan fingerprint density at radius 3 is 1.65 bits per heavy atom. The van der Waals surface area contributed by atoms with Crippen molar-refractivity contribution in [3.8, 4) is 5.75 Å². The highest BCUT2D eigenvalue weighted by atomic mass is 35.5. The van der Waals surface area contributed by atoms with Crippen LogP contribution in [0.15, 0.2) is 103 Å². The van der Waals surface area contributed by atoms with Crippen LogP contribution in [0.1, 0.15) is 16.7 Å². The summed E-state index contributed by atoms with van der Waals surface area (Å²) in [4.78, 5) is 4.63. The Bertz CT molecular complexity index is 1330. The van der Waals surface area contributed by atoms with Crippen LogP contribution in [-0.4, -0.2) is 43.6 Å². The Hall–Kier alpha value is -3.44. The Balaban J connectivity index is 1.89. The number of hydrogen-bond acceptors (Lipinski definition) is 3. The largest absolute Gasteiger partial charge is 0.511 e. The monoisotopic (exact) mass is 461 g/mol. The van der Waals surface area contributed by atoms with Crippen LogP contribution in [0.2, 0.25) is 5.15 Å². The maximum absolute atomic E-state index is 6.51. The van der Waals surface area contributed by atoms with Crippen LogP contribution in [0.25, 0.3) is 11.0 Å². The third-order valence-corrected chi connectivity index (χ3v) is 6.06. The van der Waals surface area contributed by atoms with Gasteiger partial charge in [0.05, 0.1) is 11.7 Å². The number of pyridine rings is 1. The van der Waals surface area contributed by atoms with E-state index >= 15 is 0 Å². The molecule has 5 aromatic rings. The van der Waals surface area contributed by atoms with Crippen molar-refractivity contribution < 1.29 is 4.74 Å². The molecule has 0 saturated carbocycles. The fourth-order valence-electron chi connectivity index (χ4n) is 4.49. The van der Waals surface area contributed by atoms with E-state index in [9.17, 15) is 0 Å². The van der Waals surface area contributed by atoms with Gasteiger partial charge in [0.2, 0.25) is 0 Å². The number of rotatable bonds is 6. The molecule has 3 aromatic carbocycles. The molecule has 0 bridgehead atoms. The molecular weight excluding hydrogens is 438 g/mol. The molecule has 164 valence electrons. The highest BCUT2D eigenvalue weighted by Crippen LogP contribution is 2.42. The maximum Gasteiger partial charge on any atom is 0.171 e. The average molecular weight is 461 g/mol. The van der Waals surface area contributed by atoms with Gasteiger partial charge in [0, 0.05) is 11.4 Å². The lowest BCUT2D eigenvalue weighted by atomic mass is 9.52. The molecule has 0 unspecified atom stereocenters. The smallest absolute Gasteiger partial charge is 0.171 e. The number of hydrogen-bond donors (Lipinski definition) is 0. The molecular formula is C26H23B3ClN3O. The summed E-state index contributed by atoms with van der Waals surface area (Å²) in [7, 11) is 5.98. The van der Waals surface area contributed by atoms with E-state index in [-0.39, 0.29) is 0 Å². The van der Waals surface area contributed by atoms with Crippen LogP contribution in [0.4, 0.5) is 0 Å². The van der Waals surface area contributed by atoms with Gasteiger partial charge in [0.1, 0.15) is 34.6 Å². The minimum atomic E-state index is -0.736. The second-order valence-corrected chi connectivity index (χ2v) is 9.62. The standard InChI is InChI=1S/C26H23B3ClN3O/c27-26(28,29)34-23-16-22-21(32-24(23)30)17-31-33(22)25(18-10-4-1-5-11-18,19-12-6-2-7-13-19)20-14-8-3-9-15-20/h1-17H,27-29H2. The summed E-state index contributed by atoms with van der Waals surface area (Å²) >= 11 is 6.51. The van der Waals surface area contributed by atoms with Crippen LogP contribution in [0.5, 0.6) is 5.75 Å². The van der Waals surface area contributed by atoms with Crippen LogP contribution < -0.4 is 4.74 Å². The van der Waals surface area contributed by atoms with Crippen molar-refractivity contribution in [3.63, 3.8) is 0 Å². The van der Waals surface area contributed by atoms with Gasteiger partial charge in [-0.1, -0.05) is 103 Å². The molecule has 0 saturated heterocycles. The molecule has 0 radical (unpaired) electrons. The van der Waals surface area contributed by atoms with E-state index in [1.54, 1.807) is 6.20 Å². The lowest BCUT2D eigenvalue weighted by molar-refractivity contribution is 0.317. The number of benzene rings is 3. The molecule has 0 atom stereocenters. The molecule has 4 nitrogen and oxygen atoms in total. The molecule has 0 aliphatic carbocycles. The third kappa shape index (κ3) is 3.90. The summed E-state index contributed by atoms with van der Waals surface area (Å²) in [5.41, 5.74) is 4.07. The van der Waals surface area contributed by atoms with Gasteiger partial charge in [-0.05, 0) is 16.7 Å². The lowest BCUT2D eigenvalue weighted by Crippen LogP contribution is -2.39. The van der Waals surface area contributed by atoms with Gasteiger partial charge in [0.15, 0.2) is 10.9 Å².